The van der Waals surface area contributed by atoms with E-state index in [1.807, 2.05) is 29.6 Å². The Hall–Kier alpha value is -4.70. The lowest BCUT2D eigenvalue weighted by molar-refractivity contribution is -0.385. The number of amides is 3. The zero-order chi connectivity index (χ0) is 59.2. The third kappa shape index (κ3) is 25.3. The number of nitrogens with one attached hydrogen (secondary N) is 2. The first-order valence-electron chi connectivity index (χ1n) is 22.1. The van der Waals surface area contributed by atoms with Gasteiger partial charge in [-0.3, -0.25) is 39.5 Å². The van der Waals surface area contributed by atoms with Crippen LogP contribution in [0.4, 0.5) is 24.5 Å². The maximum atomic E-state index is 12.7. The minimum Gasteiger partial charge on any atom is -0.778 e. The van der Waals surface area contributed by atoms with Crippen LogP contribution in [0.25, 0.3) is 0 Å². The molecule has 2 unspecified atom stereocenters. The van der Waals surface area contributed by atoms with Crippen LogP contribution in [-0.4, -0.2) is 127 Å². The Morgan fingerprint density at radius 2 is 1.62 bits per heavy atom. The van der Waals surface area contributed by atoms with Crippen LogP contribution in [0.3, 0.4) is 0 Å². The molecule has 5 rings (SSSR count). The number of carboxylic acid groups (broad SMARTS) is 1. The molecular weight excluding hydrogens is 1170 g/mol. The molecule has 0 bridgehead atoms. The maximum Gasteiger partial charge on any atom is 0.416 e. The standard InChI is InChI=1S/C15H10ClF3N2O6S.C14H20ClNO2.C11H13Cl2NO3.C3H8NO5P.C3H9S/c1-28(25,26)20-14(22)10-7-9(3-4-12(10)21(23)24)27-13-5-2-8(6-11(13)16)15(17,18)19;1-4-11-7-6-8-12(5-2)14(11)16(10-18-3)13(17)9-15;1-11(2)14(10(15)9(12)13)6-8(17-11)7-4-3-5-16-7;5-3(6)1-4-2-10(7,8)9;1-4(2)3/h2-7H,1H3,(H,20,22);6-8H,4-5,9-10H2,1-3H3;3-5,8-9H,6H2,1-2H3;4H,1-2H2,(H,5,6)(H2,7,8,9);1-3H3/q;;;;+1/p-1. The number of hydrogen-bond acceptors (Lipinski definition) is 15. The van der Waals surface area contributed by atoms with Crippen LogP contribution < -0.4 is 24.6 Å². The van der Waals surface area contributed by atoms with Crippen molar-refractivity contribution in [1.29, 1.82) is 0 Å². The van der Waals surface area contributed by atoms with Crippen molar-refractivity contribution in [1.82, 2.24) is 14.9 Å². The number of aliphatic carboxylic acids is 1. The summed E-state index contributed by atoms with van der Waals surface area (Å²) in [7, 11) is -6.13. The van der Waals surface area contributed by atoms with E-state index in [4.69, 9.17) is 75.0 Å². The van der Waals surface area contributed by atoms with Gasteiger partial charge in [0, 0.05) is 19.2 Å². The van der Waals surface area contributed by atoms with Crippen LogP contribution in [0.5, 0.6) is 11.5 Å². The molecule has 77 heavy (non-hydrogen) atoms. The average Bonchev–Trinajstić information content (AvgIpc) is 3.97. The highest BCUT2D eigenvalue weighted by atomic mass is 35.5. The van der Waals surface area contributed by atoms with E-state index in [1.54, 1.807) is 42.9 Å². The van der Waals surface area contributed by atoms with Crippen LogP contribution in [0.1, 0.15) is 66.6 Å². The van der Waals surface area contributed by atoms with Gasteiger partial charge in [-0.05, 0) is 85.1 Å². The largest absolute Gasteiger partial charge is 0.778 e. The third-order valence-corrected chi connectivity index (χ3v) is 11.5. The Morgan fingerprint density at radius 1 is 1.04 bits per heavy atom. The van der Waals surface area contributed by atoms with Crippen molar-refractivity contribution in [2.75, 3.05) is 69.0 Å². The first-order valence-corrected chi connectivity index (χ1v) is 30.0. The van der Waals surface area contributed by atoms with Gasteiger partial charge in [0.1, 0.15) is 54.9 Å². The number of nitro benzene ring substituents is 1. The van der Waals surface area contributed by atoms with E-state index in [2.05, 4.69) is 32.6 Å². The number of carbonyl (C=O) groups is 4. The zero-order valence-electron chi connectivity index (χ0n) is 42.9. The molecule has 0 spiro atoms. The number of nitro groups is 1. The molecule has 0 radical (unpaired) electrons. The Kier molecular flexibility index (Phi) is 29.6. The Labute approximate surface area is 466 Å². The molecule has 3 amide bonds. The van der Waals surface area contributed by atoms with Gasteiger partial charge in [0.15, 0.2) is 4.84 Å². The van der Waals surface area contributed by atoms with E-state index in [-0.39, 0.29) is 42.0 Å². The fourth-order valence-corrected chi connectivity index (χ4v) is 7.73. The van der Waals surface area contributed by atoms with Crippen molar-refractivity contribution >= 4 is 110 Å². The maximum absolute atomic E-state index is 12.7. The summed E-state index contributed by atoms with van der Waals surface area (Å²) in [6.45, 7) is 7.88. The van der Waals surface area contributed by atoms with Crippen LogP contribution in [0.2, 0.25) is 5.02 Å². The first-order chi connectivity index (χ1) is 35.5. The van der Waals surface area contributed by atoms with Gasteiger partial charge in [0.05, 0.1) is 71.9 Å². The summed E-state index contributed by atoms with van der Waals surface area (Å²) < 4.78 is 93.3. The van der Waals surface area contributed by atoms with Gasteiger partial charge in [-0.1, -0.05) is 66.8 Å². The minimum atomic E-state index is -4.62. The molecule has 31 heteroatoms. The van der Waals surface area contributed by atoms with Crippen LogP contribution >= 0.6 is 54.0 Å². The SMILES string of the molecule is CC1(C)OC(c2ccco2)CN1C(=O)C(Cl)Cl.CCc1cccc(CC)c1N(COC)C(=O)CCl.CS(=O)(=O)NC(=O)c1cc(Oc2ccc(C(F)(F)F)cc2Cl)ccc1[N+](=O)[O-].C[S+](C)C.O=C(O)CNCP(=O)([O-])O. The smallest absolute Gasteiger partial charge is 0.416 e. The monoisotopic (exact) mass is 1230 g/mol. The molecule has 0 aliphatic carbocycles. The third-order valence-electron chi connectivity index (χ3n) is 9.41. The number of aryl methyl sites for hydroxylation is 2. The van der Waals surface area contributed by atoms with Gasteiger partial charge >= 0.3 is 12.1 Å². The summed E-state index contributed by atoms with van der Waals surface area (Å²) in [4.78, 5) is 75.8. The number of alkyl halides is 6. The summed E-state index contributed by atoms with van der Waals surface area (Å²) >= 11 is 22.6. The molecule has 2 heterocycles. The molecule has 2 atom stereocenters. The number of furan rings is 1. The fraction of sp³-hybridized carbons (Fsp3) is 0.435. The number of carbonyl (C=O) groups excluding carboxylic acids is 3. The van der Waals surface area contributed by atoms with E-state index in [9.17, 15) is 60.3 Å². The molecule has 1 saturated heterocycles. The molecule has 1 aliphatic rings. The molecule has 1 fully saturated rings. The van der Waals surface area contributed by atoms with E-state index in [0.29, 0.717) is 41.6 Å². The first kappa shape index (κ1) is 70.3. The number of methoxy groups -OCH3 is 1. The number of sulfonamides is 1. The molecule has 4 aromatic rings. The van der Waals surface area contributed by atoms with E-state index >= 15 is 0 Å². The van der Waals surface area contributed by atoms with Crippen molar-refractivity contribution in [3.05, 3.63) is 116 Å². The number of nitrogens with zero attached hydrogens (tertiary/aromatic N) is 3. The predicted molar refractivity (Wildman–Crippen MR) is 287 cm³/mol. The van der Waals surface area contributed by atoms with Gasteiger partial charge in [0.25, 0.3) is 17.5 Å². The van der Waals surface area contributed by atoms with Crippen LogP contribution in [-0.2, 0) is 68.4 Å². The van der Waals surface area contributed by atoms with Crippen molar-refractivity contribution in [2.45, 2.75) is 63.4 Å². The second-order valence-electron chi connectivity index (χ2n) is 16.5. The van der Waals surface area contributed by atoms with Crippen molar-refractivity contribution in [3.63, 3.8) is 0 Å². The lowest BCUT2D eigenvalue weighted by Gasteiger charge is -2.29. The second kappa shape index (κ2) is 32.4. The second-order valence-corrected chi connectivity index (χ2v) is 24.1. The molecule has 21 nitrogen and oxygen atoms in total. The highest BCUT2D eigenvalue weighted by molar-refractivity contribution is 7.94. The van der Waals surface area contributed by atoms with Crippen molar-refractivity contribution < 1.29 is 83.8 Å². The quantitative estimate of drug-likeness (QED) is 0.0194. The topological polar surface area (TPSA) is 298 Å². The Morgan fingerprint density at radius 3 is 2.05 bits per heavy atom. The molecular formula is C46H59Cl4F3N5O16PS2. The summed E-state index contributed by atoms with van der Waals surface area (Å²) in [5.41, 5.74) is 0.158. The number of halogens is 7. The molecule has 0 saturated carbocycles. The van der Waals surface area contributed by atoms with Crippen molar-refractivity contribution in [3.8, 4) is 11.5 Å². The van der Waals surface area contributed by atoms with E-state index in [1.165, 1.54) is 4.90 Å². The van der Waals surface area contributed by atoms with Crippen molar-refractivity contribution in [2.24, 2.45) is 0 Å². The Bertz CT molecular complexity index is 2730. The van der Waals surface area contributed by atoms with Gasteiger partial charge in [0.2, 0.25) is 15.9 Å². The van der Waals surface area contributed by atoms with E-state index < -0.39 is 85.8 Å². The number of para-hydroxylation sites is 1. The highest BCUT2D eigenvalue weighted by Gasteiger charge is 2.45. The fourth-order valence-electron chi connectivity index (χ4n) is 6.29. The van der Waals surface area contributed by atoms with Crippen LogP contribution in [0.15, 0.2) is 77.4 Å². The van der Waals surface area contributed by atoms with Gasteiger partial charge in [-0.25, -0.2) is 13.1 Å². The number of benzene rings is 3. The lowest BCUT2D eigenvalue weighted by Crippen LogP contribution is -2.45. The van der Waals surface area contributed by atoms with E-state index in [0.717, 1.165) is 53.9 Å². The molecule has 4 N–H and O–H groups in total. The van der Waals surface area contributed by atoms with Crippen LogP contribution in [0, 0.1) is 10.1 Å². The summed E-state index contributed by atoms with van der Waals surface area (Å²) in [6, 6.07) is 14.8. The lowest BCUT2D eigenvalue weighted by atomic mass is 10.0. The highest BCUT2D eigenvalue weighted by Crippen LogP contribution is 2.39. The number of rotatable bonds is 17. The Balaban J connectivity index is 0.000000528. The predicted octanol–water partition coefficient (Wildman–Crippen LogP) is 8.11. The summed E-state index contributed by atoms with van der Waals surface area (Å²) in [5, 5.41) is 20.6. The molecule has 430 valence electrons. The molecule has 1 aromatic heterocycles. The minimum absolute atomic E-state index is 0.0371. The summed E-state index contributed by atoms with van der Waals surface area (Å²) in [5.74, 6) is -2.68. The average molecular weight is 1230 g/mol. The molecule has 1 aliphatic heterocycles. The number of carboxylic acids is 1. The van der Waals surface area contributed by atoms with Gasteiger partial charge in [-0.15, -0.1) is 11.6 Å². The van der Waals surface area contributed by atoms with Gasteiger partial charge in [-0.2, -0.15) is 13.2 Å². The number of hydrogen-bond donors (Lipinski definition) is 4. The zero-order valence-corrected chi connectivity index (χ0v) is 48.4. The summed E-state index contributed by atoms with van der Waals surface area (Å²) in [6.07, 6.45) is 4.97. The number of ether oxygens (including phenoxy) is 3. The normalized spacial score (nSPS) is 14.4. The molecule has 3 aromatic carbocycles. The number of anilines is 1. The van der Waals surface area contributed by atoms with Gasteiger partial charge < -0.3 is 43.0 Å².